The summed E-state index contributed by atoms with van der Waals surface area (Å²) in [5, 5.41) is 10.2. The van der Waals surface area contributed by atoms with Crippen LogP contribution < -0.4 is 10.6 Å². The first kappa shape index (κ1) is 17.2. The number of hydrogen-bond acceptors (Lipinski definition) is 4. The maximum atomic E-state index is 13.1. The standard InChI is InChI=1S/C18H13ClFN5O2/c19-11-3-7-13(8-4-11)21-17(27)14-9-15(26)22-18-23-16(24-25(14)18)10-1-5-12(20)6-2-10/h1-8,14H,9H2,(H,21,27)(H,22,23,24,26). The van der Waals surface area contributed by atoms with Gasteiger partial charge in [0.1, 0.15) is 11.9 Å². The topological polar surface area (TPSA) is 88.9 Å². The van der Waals surface area contributed by atoms with E-state index >= 15 is 0 Å². The highest BCUT2D eigenvalue weighted by atomic mass is 35.5. The second-order valence-corrected chi connectivity index (χ2v) is 6.41. The Morgan fingerprint density at radius 1 is 1.19 bits per heavy atom. The van der Waals surface area contributed by atoms with E-state index in [-0.39, 0.29) is 29.9 Å². The maximum Gasteiger partial charge on any atom is 0.249 e. The Kier molecular flexibility index (Phi) is 4.33. The largest absolute Gasteiger partial charge is 0.324 e. The Labute approximate surface area is 158 Å². The third kappa shape index (κ3) is 3.52. The molecule has 0 saturated heterocycles. The molecule has 27 heavy (non-hydrogen) atoms. The minimum atomic E-state index is -0.855. The predicted octanol–water partition coefficient (Wildman–Crippen LogP) is 3.26. The van der Waals surface area contributed by atoms with E-state index in [0.29, 0.717) is 16.3 Å². The Morgan fingerprint density at radius 2 is 1.89 bits per heavy atom. The van der Waals surface area contributed by atoms with Gasteiger partial charge in [-0.1, -0.05) is 11.6 Å². The Bertz CT molecular complexity index is 1020. The van der Waals surface area contributed by atoms with Crippen LogP contribution in [0.4, 0.5) is 16.0 Å². The fourth-order valence-electron chi connectivity index (χ4n) is 2.75. The molecule has 1 aliphatic heterocycles. The molecule has 0 fully saturated rings. The molecule has 2 N–H and O–H groups in total. The Morgan fingerprint density at radius 3 is 2.59 bits per heavy atom. The number of aromatic nitrogens is 3. The molecule has 2 amide bonds. The molecule has 2 heterocycles. The van der Waals surface area contributed by atoms with Crippen molar-refractivity contribution in [3.8, 4) is 11.4 Å². The molecule has 1 aromatic heterocycles. The van der Waals surface area contributed by atoms with E-state index in [1.807, 2.05) is 0 Å². The number of anilines is 2. The Hall–Kier alpha value is -3.26. The molecular weight excluding hydrogens is 373 g/mol. The van der Waals surface area contributed by atoms with Gasteiger partial charge in [-0.15, -0.1) is 5.10 Å². The molecule has 0 radical (unpaired) electrons. The van der Waals surface area contributed by atoms with Crippen LogP contribution in [0.5, 0.6) is 0 Å². The zero-order chi connectivity index (χ0) is 19.0. The number of amides is 2. The van der Waals surface area contributed by atoms with Gasteiger partial charge in [-0.3, -0.25) is 14.9 Å². The van der Waals surface area contributed by atoms with Gasteiger partial charge in [0.05, 0.1) is 6.42 Å². The van der Waals surface area contributed by atoms with Crippen molar-refractivity contribution in [3.63, 3.8) is 0 Å². The van der Waals surface area contributed by atoms with Gasteiger partial charge in [0, 0.05) is 16.3 Å². The number of fused-ring (bicyclic) bond motifs is 1. The van der Waals surface area contributed by atoms with Gasteiger partial charge in [0.25, 0.3) is 0 Å². The van der Waals surface area contributed by atoms with Crippen molar-refractivity contribution in [2.75, 3.05) is 10.6 Å². The first-order valence-corrected chi connectivity index (χ1v) is 8.46. The molecule has 1 unspecified atom stereocenters. The van der Waals surface area contributed by atoms with Crippen molar-refractivity contribution in [3.05, 3.63) is 59.4 Å². The molecule has 0 bridgehead atoms. The molecule has 0 saturated carbocycles. The number of hydrogen-bond donors (Lipinski definition) is 2. The summed E-state index contributed by atoms with van der Waals surface area (Å²) < 4.78 is 14.5. The highest BCUT2D eigenvalue weighted by molar-refractivity contribution is 6.30. The minimum Gasteiger partial charge on any atom is -0.324 e. The lowest BCUT2D eigenvalue weighted by molar-refractivity contribution is -0.125. The average molecular weight is 386 g/mol. The van der Waals surface area contributed by atoms with Crippen LogP contribution in [0.1, 0.15) is 12.5 Å². The van der Waals surface area contributed by atoms with Crippen molar-refractivity contribution in [2.45, 2.75) is 12.5 Å². The molecule has 7 nitrogen and oxygen atoms in total. The molecule has 0 aliphatic carbocycles. The second-order valence-electron chi connectivity index (χ2n) is 5.97. The summed E-state index contributed by atoms with van der Waals surface area (Å²) in [5.41, 5.74) is 1.13. The summed E-state index contributed by atoms with van der Waals surface area (Å²) in [4.78, 5) is 28.9. The van der Waals surface area contributed by atoms with Crippen molar-refractivity contribution < 1.29 is 14.0 Å². The van der Waals surface area contributed by atoms with Crippen LogP contribution >= 0.6 is 11.6 Å². The van der Waals surface area contributed by atoms with Crippen LogP contribution in [0.2, 0.25) is 5.02 Å². The van der Waals surface area contributed by atoms with Gasteiger partial charge in [-0.05, 0) is 48.5 Å². The highest BCUT2D eigenvalue weighted by Crippen LogP contribution is 2.27. The number of nitrogens with one attached hydrogen (secondary N) is 2. The molecule has 0 spiro atoms. The molecule has 1 aliphatic rings. The van der Waals surface area contributed by atoms with E-state index in [1.165, 1.54) is 28.9 Å². The van der Waals surface area contributed by atoms with Crippen molar-refractivity contribution in [1.82, 2.24) is 14.8 Å². The number of rotatable bonds is 3. The van der Waals surface area contributed by atoms with Crippen LogP contribution in [0.15, 0.2) is 48.5 Å². The third-order valence-corrected chi connectivity index (χ3v) is 4.33. The zero-order valence-corrected chi connectivity index (χ0v) is 14.6. The SMILES string of the molecule is O=C1CC(C(=O)Nc2ccc(Cl)cc2)n2nc(-c3ccc(F)cc3)nc2N1. The summed E-state index contributed by atoms with van der Waals surface area (Å²) in [6.07, 6.45) is -0.0708. The summed E-state index contributed by atoms with van der Waals surface area (Å²) in [6, 6.07) is 11.4. The van der Waals surface area contributed by atoms with Gasteiger partial charge in [0.15, 0.2) is 5.82 Å². The maximum absolute atomic E-state index is 13.1. The van der Waals surface area contributed by atoms with E-state index in [0.717, 1.165) is 0 Å². The first-order valence-electron chi connectivity index (χ1n) is 8.08. The summed E-state index contributed by atoms with van der Waals surface area (Å²) in [6.45, 7) is 0. The lowest BCUT2D eigenvalue weighted by Gasteiger charge is -2.22. The first-order chi connectivity index (χ1) is 13.0. The fourth-order valence-corrected chi connectivity index (χ4v) is 2.87. The molecule has 3 aromatic rings. The molecule has 1 atom stereocenters. The van der Waals surface area contributed by atoms with Gasteiger partial charge in [0.2, 0.25) is 17.8 Å². The van der Waals surface area contributed by atoms with Gasteiger partial charge < -0.3 is 5.32 Å². The van der Waals surface area contributed by atoms with E-state index in [9.17, 15) is 14.0 Å². The Balaban J connectivity index is 1.63. The number of carbonyl (C=O) groups is 2. The summed E-state index contributed by atoms with van der Waals surface area (Å²) in [5.74, 6) is -0.657. The van der Waals surface area contributed by atoms with Crippen LogP contribution in [-0.4, -0.2) is 26.6 Å². The molecule has 4 rings (SSSR count). The monoisotopic (exact) mass is 385 g/mol. The van der Waals surface area contributed by atoms with Gasteiger partial charge in [-0.25, -0.2) is 9.07 Å². The molecular formula is C18H13ClFN5O2. The average Bonchev–Trinajstić information content (AvgIpc) is 3.07. The van der Waals surface area contributed by atoms with Crippen molar-refractivity contribution >= 4 is 35.1 Å². The van der Waals surface area contributed by atoms with Crippen molar-refractivity contribution in [1.29, 1.82) is 0 Å². The highest BCUT2D eigenvalue weighted by Gasteiger charge is 2.33. The minimum absolute atomic E-state index is 0.0708. The molecule has 2 aromatic carbocycles. The van der Waals surface area contributed by atoms with Gasteiger partial charge in [-0.2, -0.15) is 4.98 Å². The normalized spacial score (nSPS) is 15.8. The van der Waals surface area contributed by atoms with Crippen LogP contribution in [0.3, 0.4) is 0 Å². The van der Waals surface area contributed by atoms with Crippen LogP contribution in [-0.2, 0) is 9.59 Å². The second kappa shape index (κ2) is 6.81. The predicted molar refractivity (Wildman–Crippen MR) is 97.8 cm³/mol. The summed E-state index contributed by atoms with van der Waals surface area (Å²) in [7, 11) is 0. The van der Waals surface area contributed by atoms with Crippen LogP contribution in [0, 0.1) is 5.82 Å². The fraction of sp³-hybridized carbons (Fsp3) is 0.111. The number of nitrogens with zero attached hydrogens (tertiary/aromatic N) is 3. The van der Waals surface area contributed by atoms with E-state index in [2.05, 4.69) is 20.7 Å². The van der Waals surface area contributed by atoms with E-state index in [4.69, 9.17) is 11.6 Å². The molecule has 136 valence electrons. The third-order valence-electron chi connectivity index (χ3n) is 4.07. The smallest absolute Gasteiger partial charge is 0.249 e. The van der Waals surface area contributed by atoms with Crippen molar-refractivity contribution in [2.24, 2.45) is 0 Å². The van der Waals surface area contributed by atoms with Crippen LogP contribution in [0.25, 0.3) is 11.4 Å². The molecule has 9 heteroatoms. The lowest BCUT2D eigenvalue weighted by atomic mass is 10.1. The zero-order valence-electron chi connectivity index (χ0n) is 13.8. The quantitative estimate of drug-likeness (QED) is 0.724. The number of benzene rings is 2. The number of carbonyl (C=O) groups excluding carboxylic acids is 2. The van der Waals surface area contributed by atoms with E-state index in [1.54, 1.807) is 24.3 Å². The summed E-state index contributed by atoms with van der Waals surface area (Å²) >= 11 is 5.84. The lowest BCUT2D eigenvalue weighted by Crippen LogP contribution is -2.36. The van der Waals surface area contributed by atoms with Gasteiger partial charge >= 0.3 is 0 Å². The number of halogens is 2. The van der Waals surface area contributed by atoms with E-state index < -0.39 is 11.9 Å².